The van der Waals surface area contributed by atoms with Gasteiger partial charge in [0.2, 0.25) is 0 Å². The van der Waals surface area contributed by atoms with Crippen LogP contribution >= 0.6 is 11.6 Å². The van der Waals surface area contributed by atoms with E-state index in [1.165, 1.54) is 31.2 Å². The first-order valence-electron chi connectivity index (χ1n) is 7.78. The summed E-state index contributed by atoms with van der Waals surface area (Å²) in [5, 5.41) is 4.31. The van der Waals surface area contributed by atoms with Crippen LogP contribution in [0.25, 0.3) is 0 Å². The van der Waals surface area contributed by atoms with Gasteiger partial charge < -0.3 is 10.2 Å². The van der Waals surface area contributed by atoms with Crippen molar-refractivity contribution < 1.29 is 0 Å². The van der Waals surface area contributed by atoms with Crippen molar-refractivity contribution in [1.29, 1.82) is 0 Å². The molecule has 0 bridgehead atoms. The van der Waals surface area contributed by atoms with Crippen molar-refractivity contribution in [3.63, 3.8) is 0 Å². The minimum atomic E-state index is 0.654. The maximum atomic E-state index is 6.28. The van der Waals surface area contributed by atoms with Crippen molar-refractivity contribution in [1.82, 2.24) is 10.3 Å². The minimum Gasteiger partial charge on any atom is -0.353 e. The summed E-state index contributed by atoms with van der Waals surface area (Å²) < 4.78 is 0. The lowest BCUT2D eigenvalue weighted by Gasteiger charge is -2.26. The minimum absolute atomic E-state index is 0.654. The van der Waals surface area contributed by atoms with Crippen LogP contribution in [0.15, 0.2) is 12.3 Å². The number of hydrogen-bond acceptors (Lipinski definition) is 3. The smallest absolute Gasteiger partial charge is 0.129 e. The fourth-order valence-electron chi connectivity index (χ4n) is 2.51. The summed E-state index contributed by atoms with van der Waals surface area (Å²) in [5.74, 6) is 1.75. The van der Waals surface area contributed by atoms with Crippen LogP contribution in [0.3, 0.4) is 0 Å². The molecule has 0 atom stereocenters. The molecule has 2 saturated carbocycles. The van der Waals surface area contributed by atoms with E-state index in [1.807, 2.05) is 6.20 Å². The molecule has 0 saturated heterocycles. The second-order valence-corrected chi connectivity index (χ2v) is 6.97. The summed E-state index contributed by atoms with van der Waals surface area (Å²) in [6, 6.07) is 3.58. The Morgan fingerprint density at radius 1 is 1.35 bits per heavy atom. The zero-order valence-corrected chi connectivity index (χ0v) is 13.2. The Morgan fingerprint density at radius 3 is 2.70 bits per heavy atom. The van der Waals surface area contributed by atoms with E-state index in [1.54, 1.807) is 0 Å². The van der Waals surface area contributed by atoms with Gasteiger partial charge in [-0.05, 0) is 43.2 Å². The molecule has 20 heavy (non-hydrogen) atoms. The summed E-state index contributed by atoms with van der Waals surface area (Å²) >= 11 is 6.28. The molecule has 4 heteroatoms. The zero-order chi connectivity index (χ0) is 14.1. The lowest BCUT2D eigenvalue weighted by Crippen LogP contribution is -2.30. The van der Waals surface area contributed by atoms with E-state index < -0.39 is 0 Å². The molecule has 110 valence electrons. The maximum Gasteiger partial charge on any atom is 0.129 e. The van der Waals surface area contributed by atoms with Crippen molar-refractivity contribution in [2.45, 2.75) is 58.2 Å². The van der Waals surface area contributed by atoms with Gasteiger partial charge in [-0.25, -0.2) is 4.98 Å². The molecule has 1 aromatic rings. The zero-order valence-electron chi connectivity index (χ0n) is 12.4. The Bertz CT molecular complexity index is 467. The van der Waals surface area contributed by atoms with Crippen LogP contribution in [0, 0.1) is 5.92 Å². The first-order chi connectivity index (χ1) is 9.63. The highest BCUT2D eigenvalue weighted by atomic mass is 35.5. The number of pyridine rings is 1. The molecule has 0 radical (unpaired) electrons. The average Bonchev–Trinajstić information content (AvgIpc) is 3.27. The number of aromatic nitrogens is 1. The molecule has 1 N–H and O–H groups in total. The van der Waals surface area contributed by atoms with Gasteiger partial charge in [-0.2, -0.15) is 0 Å². The Morgan fingerprint density at radius 2 is 2.10 bits per heavy atom. The molecule has 0 aliphatic heterocycles. The quantitative estimate of drug-likeness (QED) is 0.832. The van der Waals surface area contributed by atoms with E-state index in [4.69, 9.17) is 11.6 Å². The van der Waals surface area contributed by atoms with E-state index in [-0.39, 0.29) is 0 Å². The number of rotatable bonds is 7. The Balaban J connectivity index is 1.74. The lowest BCUT2D eigenvalue weighted by atomic mass is 10.2. The maximum absolute atomic E-state index is 6.28. The van der Waals surface area contributed by atoms with Crippen molar-refractivity contribution in [2.24, 2.45) is 5.92 Å². The summed E-state index contributed by atoms with van der Waals surface area (Å²) in [6.45, 7) is 6.47. The lowest BCUT2D eigenvalue weighted by molar-refractivity contribution is 0.602. The highest BCUT2D eigenvalue weighted by Crippen LogP contribution is 2.32. The van der Waals surface area contributed by atoms with E-state index >= 15 is 0 Å². The van der Waals surface area contributed by atoms with Crippen LogP contribution in [-0.2, 0) is 6.54 Å². The molecule has 0 unspecified atom stereocenters. The molecule has 3 rings (SSSR count). The highest BCUT2D eigenvalue weighted by Gasteiger charge is 2.30. The van der Waals surface area contributed by atoms with Gasteiger partial charge >= 0.3 is 0 Å². The van der Waals surface area contributed by atoms with E-state index in [0.29, 0.717) is 18.0 Å². The normalized spacial score (nSPS) is 18.6. The fraction of sp³-hybridized carbons (Fsp3) is 0.688. The molecule has 0 spiro atoms. The molecule has 0 aromatic carbocycles. The molecular formula is C16H24ClN3. The van der Waals surface area contributed by atoms with Crippen molar-refractivity contribution in [3.8, 4) is 0 Å². The van der Waals surface area contributed by atoms with Gasteiger partial charge in [0.05, 0.1) is 5.02 Å². The van der Waals surface area contributed by atoms with Gasteiger partial charge in [-0.1, -0.05) is 25.4 Å². The van der Waals surface area contributed by atoms with Gasteiger partial charge in [0.15, 0.2) is 0 Å². The topological polar surface area (TPSA) is 28.2 Å². The molecule has 1 aromatic heterocycles. The highest BCUT2D eigenvalue weighted by molar-refractivity contribution is 6.31. The van der Waals surface area contributed by atoms with Crippen LogP contribution in [-0.4, -0.2) is 23.6 Å². The summed E-state index contributed by atoms with van der Waals surface area (Å²) in [7, 11) is 0. The number of halogens is 1. The first kappa shape index (κ1) is 14.2. The van der Waals surface area contributed by atoms with Crippen molar-refractivity contribution in [3.05, 3.63) is 22.8 Å². The third-order valence-electron chi connectivity index (χ3n) is 3.92. The van der Waals surface area contributed by atoms with Gasteiger partial charge in [-0.15, -0.1) is 0 Å². The van der Waals surface area contributed by atoms with Crippen LogP contribution in [0.5, 0.6) is 0 Å². The standard InChI is InChI=1S/C16H24ClN3/c1-11(2)10-20(14-5-6-14)16-7-12(15(17)9-19-16)8-18-13-3-4-13/h7,9,11,13-14,18H,3-6,8,10H2,1-2H3. The van der Waals surface area contributed by atoms with E-state index in [2.05, 4.69) is 35.1 Å². The Hall–Kier alpha value is -0.800. The monoisotopic (exact) mass is 293 g/mol. The second kappa shape index (κ2) is 5.90. The van der Waals surface area contributed by atoms with Crippen LogP contribution < -0.4 is 10.2 Å². The fourth-order valence-corrected chi connectivity index (χ4v) is 2.68. The Kier molecular flexibility index (Phi) is 4.18. The Labute approximate surface area is 126 Å². The summed E-state index contributed by atoms with van der Waals surface area (Å²) in [5.41, 5.74) is 1.18. The van der Waals surface area contributed by atoms with Crippen molar-refractivity contribution >= 4 is 17.4 Å². The second-order valence-electron chi connectivity index (χ2n) is 6.57. The third-order valence-corrected chi connectivity index (χ3v) is 4.26. The predicted molar refractivity (Wildman–Crippen MR) is 84.3 cm³/mol. The molecular weight excluding hydrogens is 270 g/mol. The van der Waals surface area contributed by atoms with Gasteiger partial charge in [0, 0.05) is 31.4 Å². The number of anilines is 1. The van der Waals surface area contributed by atoms with Gasteiger partial charge in [0.25, 0.3) is 0 Å². The summed E-state index contributed by atoms with van der Waals surface area (Å²) in [4.78, 5) is 7.02. The molecule has 2 aliphatic carbocycles. The molecule has 3 nitrogen and oxygen atoms in total. The molecule has 1 heterocycles. The number of nitrogens with one attached hydrogen (secondary N) is 1. The average molecular weight is 294 g/mol. The van der Waals surface area contributed by atoms with E-state index in [0.717, 1.165) is 23.9 Å². The molecule has 0 amide bonds. The SMILES string of the molecule is CC(C)CN(c1cc(CNC2CC2)c(Cl)cn1)C1CC1. The van der Waals surface area contributed by atoms with Crippen LogP contribution in [0.4, 0.5) is 5.82 Å². The molecule has 2 fully saturated rings. The van der Waals surface area contributed by atoms with Crippen LogP contribution in [0.1, 0.15) is 45.1 Å². The van der Waals surface area contributed by atoms with Crippen molar-refractivity contribution in [2.75, 3.05) is 11.4 Å². The molecule has 2 aliphatic rings. The number of nitrogens with zero attached hydrogens (tertiary/aromatic N) is 2. The number of hydrogen-bond donors (Lipinski definition) is 1. The van der Waals surface area contributed by atoms with Crippen LogP contribution in [0.2, 0.25) is 5.02 Å². The third kappa shape index (κ3) is 3.64. The van der Waals surface area contributed by atoms with Gasteiger partial charge in [0.1, 0.15) is 5.82 Å². The van der Waals surface area contributed by atoms with Gasteiger partial charge in [-0.3, -0.25) is 0 Å². The first-order valence-corrected chi connectivity index (χ1v) is 8.15. The largest absolute Gasteiger partial charge is 0.353 e. The predicted octanol–water partition coefficient (Wildman–Crippen LogP) is 3.61. The summed E-state index contributed by atoms with van der Waals surface area (Å²) in [6.07, 6.45) is 7.02. The van der Waals surface area contributed by atoms with E-state index in [9.17, 15) is 0 Å².